The highest BCUT2D eigenvalue weighted by atomic mass is 127. The first-order chi connectivity index (χ1) is 7.47. The van der Waals surface area contributed by atoms with E-state index in [1.54, 1.807) is 0 Å². The summed E-state index contributed by atoms with van der Waals surface area (Å²) in [5.74, 6) is 0.864. The molecule has 1 atom stereocenters. The molecule has 1 unspecified atom stereocenters. The largest absolute Gasteiger partial charge is 0.379 e. The van der Waals surface area contributed by atoms with E-state index in [4.69, 9.17) is 4.74 Å². The van der Waals surface area contributed by atoms with Crippen molar-refractivity contribution < 1.29 is 13.2 Å². The van der Waals surface area contributed by atoms with E-state index < -0.39 is 9.84 Å². The minimum absolute atomic E-state index is 0. The summed E-state index contributed by atoms with van der Waals surface area (Å²) in [4.78, 5) is 4.22. The number of sulfone groups is 1. The molecule has 1 aliphatic heterocycles. The molecule has 0 aliphatic carbocycles. The number of nitrogens with zero attached hydrogens (tertiary/aromatic N) is 1. The van der Waals surface area contributed by atoms with Crippen LogP contribution >= 0.6 is 24.0 Å². The SMILES string of the molecule is CC1CN=C(NCCOCCS(C)(=O)=O)N1.I. The van der Waals surface area contributed by atoms with Gasteiger partial charge < -0.3 is 15.4 Å². The summed E-state index contributed by atoms with van der Waals surface area (Å²) in [6.45, 7) is 4.20. The molecule has 0 aromatic carbocycles. The van der Waals surface area contributed by atoms with Gasteiger partial charge in [-0.1, -0.05) is 0 Å². The molecule has 0 fully saturated rings. The molecule has 6 nitrogen and oxygen atoms in total. The zero-order chi connectivity index (χ0) is 12.0. The molecule has 8 heteroatoms. The van der Waals surface area contributed by atoms with E-state index >= 15 is 0 Å². The van der Waals surface area contributed by atoms with E-state index in [1.807, 2.05) is 0 Å². The second-order valence-electron chi connectivity index (χ2n) is 3.90. The Morgan fingerprint density at radius 1 is 1.53 bits per heavy atom. The summed E-state index contributed by atoms with van der Waals surface area (Å²) < 4.78 is 26.7. The smallest absolute Gasteiger partial charge is 0.191 e. The molecule has 0 amide bonds. The zero-order valence-electron chi connectivity index (χ0n) is 10.1. The van der Waals surface area contributed by atoms with Gasteiger partial charge in [0, 0.05) is 18.8 Å². The minimum Gasteiger partial charge on any atom is -0.379 e. The van der Waals surface area contributed by atoms with E-state index in [1.165, 1.54) is 6.26 Å². The number of halogens is 1. The highest BCUT2D eigenvalue weighted by molar-refractivity contribution is 14.0. The lowest BCUT2D eigenvalue weighted by Crippen LogP contribution is -2.39. The molecule has 0 aromatic rings. The minimum atomic E-state index is -2.92. The maximum atomic E-state index is 10.8. The van der Waals surface area contributed by atoms with Gasteiger partial charge in [-0.15, -0.1) is 24.0 Å². The van der Waals surface area contributed by atoms with Gasteiger partial charge in [0.1, 0.15) is 9.84 Å². The van der Waals surface area contributed by atoms with Crippen molar-refractivity contribution in [3.8, 4) is 0 Å². The standard InChI is InChI=1S/C9H19N3O3S.HI/c1-8-7-11-9(12-8)10-3-4-15-5-6-16(2,13)14;/h8H,3-7H2,1-2H3,(H2,10,11,12);1H. The second-order valence-corrected chi connectivity index (χ2v) is 6.16. The van der Waals surface area contributed by atoms with Crippen molar-refractivity contribution in [1.29, 1.82) is 0 Å². The van der Waals surface area contributed by atoms with Gasteiger partial charge in [0.2, 0.25) is 0 Å². The van der Waals surface area contributed by atoms with Gasteiger partial charge in [0.25, 0.3) is 0 Å². The Kier molecular flexibility index (Phi) is 8.05. The van der Waals surface area contributed by atoms with Crippen LogP contribution in [0.15, 0.2) is 4.99 Å². The van der Waals surface area contributed by atoms with Gasteiger partial charge in [-0.2, -0.15) is 0 Å². The number of rotatable bonds is 6. The first-order valence-electron chi connectivity index (χ1n) is 5.28. The Morgan fingerprint density at radius 2 is 2.24 bits per heavy atom. The van der Waals surface area contributed by atoms with Crippen LogP contribution in [0.4, 0.5) is 0 Å². The third kappa shape index (κ3) is 8.61. The zero-order valence-corrected chi connectivity index (χ0v) is 13.2. The van der Waals surface area contributed by atoms with Gasteiger partial charge in [0.15, 0.2) is 5.96 Å². The Bertz CT molecular complexity index is 345. The molecule has 0 radical (unpaired) electrons. The van der Waals surface area contributed by atoms with Crippen molar-refractivity contribution in [1.82, 2.24) is 10.6 Å². The fourth-order valence-electron chi connectivity index (χ4n) is 1.21. The van der Waals surface area contributed by atoms with Crippen LogP contribution in [0.3, 0.4) is 0 Å². The van der Waals surface area contributed by atoms with Gasteiger partial charge in [-0.05, 0) is 6.92 Å². The Labute approximate surface area is 120 Å². The van der Waals surface area contributed by atoms with Crippen molar-refractivity contribution in [2.75, 3.05) is 38.3 Å². The van der Waals surface area contributed by atoms with E-state index in [-0.39, 0.29) is 36.3 Å². The lowest BCUT2D eigenvalue weighted by molar-refractivity contribution is 0.154. The summed E-state index contributed by atoms with van der Waals surface area (Å²) >= 11 is 0. The molecule has 0 saturated heterocycles. The third-order valence-electron chi connectivity index (χ3n) is 2.04. The average molecular weight is 377 g/mol. The van der Waals surface area contributed by atoms with Crippen LogP contribution in [-0.2, 0) is 14.6 Å². The Balaban J connectivity index is 0.00000256. The molecule has 0 spiro atoms. The fraction of sp³-hybridized carbons (Fsp3) is 0.889. The van der Waals surface area contributed by atoms with E-state index in [0.717, 1.165) is 12.5 Å². The van der Waals surface area contributed by atoms with Crippen LogP contribution in [0.1, 0.15) is 6.92 Å². The van der Waals surface area contributed by atoms with Gasteiger partial charge in [0.05, 0.1) is 25.5 Å². The molecule has 1 heterocycles. The lowest BCUT2D eigenvalue weighted by Gasteiger charge is -2.08. The summed E-state index contributed by atoms with van der Waals surface area (Å²) in [6, 6.07) is 0.383. The molecule has 1 aliphatic rings. The maximum absolute atomic E-state index is 10.8. The summed E-state index contributed by atoms with van der Waals surface area (Å²) in [7, 11) is -2.92. The molecule has 17 heavy (non-hydrogen) atoms. The number of guanidine groups is 1. The van der Waals surface area contributed by atoms with Gasteiger partial charge in [-0.25, -0.2) is 8.42 Å². The van der Waals surface area contributed by atoms with Gasteiger partial charge in [-0.3, -0.25) is 4.99 Å². The number of hydrogen-bond acceptors (Lipinski definition) is 6. The second kappa shape index (κ2) is 8.09. The van der Waals surface area contributed by atoms with E-state index in [2.05, 4.69) is 22.5 Å². The Morgan fingerprint density at radius 3 is 2.76 bits per heavy atom. The highest BCUT2D eigenvalue weighted by Gasteiger charge is 2.10. The average Bonchev–Trinajstić information content (AvgIpc) is 2.56. The monoisotopic (exact) mass is 377 g/mol. The maximum Gasteiger partial charge on any atom is 0.191 e. The van der Waals surface area contributed by atoms with Crippen LogP contribution < -0.4 is 10.6 Å². The van der Waals surface area contributed by atoms with Crippen LogP contribution in [0.2, 0.25) is 0 Å². The van der Waals surface area contributed by atoms with Crippen molar-refractivity contribution in [3.63, 3.8) is 0 Å². The van der Waals surface area contributed by atoms with Crippen LogP contribution in [0, 0.1) is 0 Å². The molecular weight excluding hydrogens is 357 g/mol. The number of aliphatic imine (C=N–C) groups is 1. The van der Waals surface area contributed by atoms with Crippen molar-refractivity contribution in [2.45, 2.75) is 13.0 Å². The predicted molar refractivity (Wildman–Crippen MR) is 78.8 cm³/mol. The predicted octanol–water partition coefficient (Wildman–Crippen LogP) is -0.397. The summed E-state index contributed by atoms with van der Waals surface area (Å²) in [5, 5.41) is 6.23. The molecular formula is C9H20IN3O3S. The topological polar surface area (TPSA) is 79.8 Å². The van der Waals surface area contributed by atoms with Crippen LogP contribution in [0.5, 0.6) is 0 Å². The number of hydrogen-bond donors (Lipinski definition) is 2. The first kappa shape index (κ1) is 16.9. The van der Waals surface area contributed by atoms with E-state index in [0.29, 0.717) is 19.2 Å². The van der Waals surface area contributed by atoms with Crippen molar-refractivity contribution in [2.24, 2.45) is 4.99 Å². The molecule has 0 bridgehead atoms. The molecule has 1 rings (SSSR count). The van der Waals surface area contributed by atoms with E-state index in [9.17, 15) is 8.42 Å². The Hall–Kier alpha value is -0.0900. The fourth-order valence-corrected chi connectivity index (χ4v) is 1.63. The van der Waals surface area contributed by atoms with Crippen molar-refractivity contribution >= 4 is 39.8 Å². The summed E-state index contributed by atoms with van der Waals surface area (Å²) in [5.41, 5.74) is 0. The highest BCUT2D eigenvalue weighted by Crippen LogP contribution is 1.91. The van der Waals surface area contributed by atoms with Crippen LogP contribution in [0.25, 0.3) is 0 Å². The van der Waals surface area contributed by atoms with Gasteiger partial charge >= 0.3 is 0 Å². The number of ether oxygens (including phenoxy) is 1. The summed E-state index contributed by atoms with van der Waals surface area (Å²) in [6.07, 6.45) is 1.20. The molecule has 2 N–H and O–H groups in total. The molecule has 102 valence electrons. The van der Waals surface area contributed by atoms with Crippen LogP contribution in [-0.4, -0.2) is 58.7 Å². The normalized spacial score (nSPS) is 19.2. The third-order valence-corrected chi connectivity index (χ3v) is 2.95. The molecule has 0 saturated carbocycles. The van der Waals surface area contributed by atoms with Crippen molar-refractivity contribution in [3.05, 3.63) is 0 Å². The lowest BCUT2D eigenvalue weighted by atomic mass is 10.4. The number of nitrogens with one attached hydrogen (secondary N) is 2. The first-order valence-corrected chi connectivity index (χ1v) is 7.34. The molecule has 0 aromatic heterocycles. The quantitative estimate of drug-likeness (QED) is 0.487.